The fraction of sp³-hybridized carbons (Fsp3) is 0.261. The van der Waals surface area contributed by atoms with Crippen molar-refractivity contribution in [2.75, 3.05) is 5.32 Å². The summed E-state index contributed by atoms with van der Waals surface area (Å²) in [5, 5.41) is 6.45. The first-order chi connectivity index (χ1) is 14.4. The number of fused-ring (bicyclic) bond motifs is 1. The zero-order valence-electron chi connectivity index (χ0n) is 16.8. The van der Waals surface area contributed by atoms with E-state index in [9.17, 15) is 9.18 Å². The van der Waals surface area contributed by atoms with Gasteiger partial charge in [0.2, 0.25) is 0 Å². The molecule has 3 aromatic rings. The van der Waals surface area contributed by atoms with Crippen molar-refractivity contribution >= 4 is 28.9 Å². The number of hydrogen-bond donors (Lipinski definition) is 3. The lowest BCUT2D eigenvalue weighted by molar-refractivity contribution is -0.502. The van der Waals surface area contributed by atoms with Gasteiger partial charge in [-0.05, 0) is 35.2 Å². The Kier molecular flexibility index (Phi) is 4.20. The van der Waals surface area contributed by atoms with E-state index in [1.54, 1.807) is 6.07 Å². The lowest BCUT2D eigenvalue weighted by Gasteiger charge is -2.34. The van der Waals surface area contributed by atoms with Crippen molar-refractivity contribution < 1.29 is 18.6 Å². The van der Waals surface area contributed by atoms with Gasteiger partial charge in [-0.3, -0.25) is 9.79 Å². The van der Waals surface area contributed by atoms with Crippen molar-refractivity contribution in [1.82, 2.24) is 10.3 Å². The van der Waals surface area contributed by atoms with E-state index in [1.807, 2.05) is 30.3 Å². The number of ketones is 1. The molecule has 0 spiro atoms. The van der Waals surface area contributed by atoms with E-state index in [2.05, 4.69) is 34.5 Å². The Bertz CT molecular complexity index is 1190. The number of rotatable bonds is 2. The minimum absolute atomic E-state index is 0.0661. The highest BCUT2D eigenvalue weighted by Gasteiger charge is 2.42. The van der Waals surface area contributed by atoms with E-state index >= 15 is 0 Å². The van der Waals surface area contributed by atoms with Crippen molar-refractivity contribution in [3.8, 4) is 0 Å². The topological polar surface area (TPSA) is 81.1 Å². The molecule has 1 atom stereocenters. The van der Waals surface area contributed by atoms with Gasteiger partial charge in [-0.2, -0.15) is 10.3 Å². The van der Waals surface area contributed by atoms with Crippen LogP contribution < -0.4 is 15.6 Å². The van der Waals surface area contributed by atoms with Crippen LogP contribution in [-0.2, 0) is 4.79 Å². The molecule has 6 nitrogen and oxygen atoms in total. The molecule has 0 fully saturated rings. The van der Waals surface area contributed by atoms with Crippen molar-refractivity contribution in [3.63, 3.8) is 0 Å². The number of para-hydroxylation sites is 2. The van der Waals surface area contributed by atoms with Crippen LogP contribution in [0.2, 0.25) is 0 Å². The van der Waals surface area contributed by atoms with Crippen LogP contribution in [0.5, 0.6) is 0 Å². The zero-order chi connectivity index (χ0) is 20.9. The number of Topliss-reactive ketones (excluding diaryl/α,β-unsaturated/α-hetero) is 1. The molecule has 1 aromatic heterocycles. The summed E-state index contributed by atoms with van der Waals surface area (Å²) in [5.74, 6) is 0.267. The second kappa shape index (κ2) is 6.79. The summed E-state index contributed by atoms with van der Waals surface area (Å²) in [4.78, 5) is 20.7. The summed E-state index contributed by atoms with van der Waals surface area (Å²) in [7, 11) is 0. The molecule has 1 aliphatic heterocycles. The van der Waals surface area contributed by atoms with Crippen molar-refractivity contribution in [3.05, 3.63) is 71.2 Å². The molecule has 5 rings (SSSR count). The third-order valence-electron chi connectivity index (χ3n) is 5.48. The van der Waals surface area contributed by atoms with Crippen LogP contribution in [0, 0.1) is 11.2 Å². The summed E-state index contributed by atoms with van der Waals surface area (Å²) in [6.45, 7) is 4.15. The largest absolute Gasteiger partial charge is 0.412 e. The molecule has 152 valence electrons. The quantitative estimate of drug-likeness (QED) is 0.611. The second-order valence-electron chi connectivity index (χ2n) is 8.58. The molecule has 0 saturated carbocycles. The van der Waals surface area contributed by atoms with Gasteiger partial charge in [0.25, 0.3) is 0 Å². The van der Waals surface area contributed by atoms with Gasteiger partial charge in [-0.25, -0.2) is 9.71 Å². The number of halogens is 1. The van der Waals surface area contributed by atoms with Gasteiger partial charge < -0.3 is 4.42 Å². The molecular weight excluding hydrogens is 383 g/mol. The monoisotopic (exact) mass is 405 g/mol. The number of carbonyl (C=O) groups is 1. The lowest BCUT2D eigenvalue weighted by atomic mass is 9.73. The van der Waals surface area contributed by atoms with Gasteiger partial charge in [0.1, 0.15) is 17.4 Å². The molecule has 3 N–H and O–H groups in total. The molecule has 1 aliphatic carbocycles. The van der Waals surface area contributed by atoms with Crippen LogP contribution in [-0.4, -0.2) is 16.7 Å². The number of nitrogens with zero attached hydrogens (tertiary/aromatic N) is 1. The van der Waals surface area contributed by atoms with Gasteiger partial charge in [0.05, 0.1) is 11.3 Å². The minimum atomic E-state index is -0.465. The van der Waals surface area contributed by atoms with Crippen LogP contribution in [0.25, 0.3) is 11.1 Å². The maximum Gasteiger partial charge on any atom is 0.365 e. The van der Waals surface area contributed by atoms with Crippen LogP contribution in [0.1, 0.15) is 38.3 Å². The van der Waals surface area contributed by atoms with Crippen LogP contribution in [0.15, 0.2) is 64.2 Å². The Morgan fingerprint density at radius 3 is 2.83 bits per heavy atom. The van der Waals surface area contributed by atoms with E-state index in [0.29, 0.717) is 41.5 Å². The summed E-state index contributed by atoms with van der Waals surface area (Å²) in [6, 6.07) is 13.7. The van der Waals surface area contributed by atoms with Gasteiger partial charge in [-0.1, -0.05) is 38.1 Å². The Morgan fingerprint density at radius 1 is 1.20 bits per heavy atom. The molecule has 0 radical (unpaired) electrons. The standard InChI is InChI=1S/C23H21FN4O2/c1-23(2)11-16-19(17(29)12-23)20(13-6-5-7-14(24)10-13)27-21(25-16)28-22-26-15-8-3-4-9-18(15)30-22/h3-10,20H,11-12H2,1-2H3,(H2,25,26,27,28)/p+1/t20-/m0/s1. The minimum Gasteiger partial charge on any atom is -0.412 e. The number of nitrogens with one attached hydrogen (secondary N) is 3. The third kappa shape index (κ3) is 3.36. The number of carbonyl (C=O) groups excluding carboxylic acids is 1. The normalized spacial score (nSPS) is 20.6. The SMILES string of the molecule is CC1(C)CC(=O)C2=C(C1)NC(Nc1nc3ccccc3o1)=[NH+][C@H]2c1cccc(F)c1. The molecule has 0 bridgehead atoms. The predicted octanol–water partition coefficient (Wildman–Crippen LogP) is 2.80. The average Bonchev–Trinajstić information content (AvgIpc) is 3.08. The Morgan fingerprint density at radius 2 is 2.03 bits per heavy atom. The Hall–Kier alpha value is -3.48. The summed E-state index contributed by atoms with van der Waals surface area (Å²) in [6.07, 6.45) is 1.16. The van der Waals surface area contributed by atoms with E-state index in [4.69, 9.17) is 4.42 Å². The number of guanidine groups is 1. The Balaban J connectivity index is 1.55. The van der Waals surface area contributed by atoms with Gasteiger partial charge in [0.15, 0.2) is 11.4 Å². The summed E-state index contributed by atoms with van der Waals surface area (Å²) in [5.41, 5.74) is 3.44. The summed E-state index contributed by atoms with van der Waals surface area (Å²) < 4.78 is 19.7. The highest BCUT2D eigenvalue weighted by Crippen LogP contribution is 2.39. The number of hydrogen-bond acceptors (Lipinski definition) is 5. The number of oxazole rings is 1. The molecule has 0 unspecified atom stereocenters. The van der Waals surface area contributed by atoms with Gasteiger partial charge >= 0.3 is 12.0 Å². The van der Waals surface area contributed by atoms with E-state index in [-0.39, 0.29) is 17.0 Å². The fourth-order valence-electron chi connectivity index (χ4n) is 4.22. The maximum absolute atomic E-state index is 13.9. The number of benzene rings is 2. The lowest BCUT2D eigenvalue weighted by Crippen LogP contribution is -2.82. The molecule has 7 heteroatoms. The first-order valence-corrected chi connectivity index (χ1v) is 9.93. The number of anilines is 1. The number of allylic oxidation sites excluding steroid dienone is 1. The second-order valence-corrected chi connectivity index (χ2v) is 8.58. The van der Waals surface area contributed by atoms with E-state index < -0.39 is 6.04 Å². The van der Waals surface area contributed by atoms with Crippen molar-refractivity contribution in [1.29, 1.82) is 0 Å². The van der Waals surface area contributed by atoms with Gasteiger partial charge in [0, 0.05) is 12.8 Å². The number of aromatic nitrogens is 1. The Labute approximate surface area is 172 Å². The van der Waals surface area contributed by atoms with Crippen molar-refractivity contribution in [2.45, 2.75) is 32.7 Å². The van der Waals surface area contributed by atoms with Crippen LogP contribution >= 0.6 is 0 Å². The first-order valence-electron chi connectivity index (χ1n) is 9.93. The van der Waals surface area contributed by atoms with Crippen LogP contribution in [0.4, 0.5) is 10.4 Å². The highest BCUT2D eigenvalue weighted by atomic mass is 19.1. The molecule has 30 heavy (non-hydrogen) atoms. The third-order valence-corrected chi connectivity index (χ3v) is 5.48. The molecular formula is C23H22FN4O2+. The van der Waals surface area contributed by atoms with Crippen LogP contribution in [0.3, 0.4) is 0 Å². The molecule has 2 aromatic carbocycles. The average molecular weight is 405 g/mol. The van der Waals surface area contributed by atoms with E-state index in [1.165, 1.54) is 12.1 Å². The molecule has 2 heterocycles. The molecule has 0 amide bonds. The smallest absolute Gasteiger partial charge is 0.365 e. The van der Waals surface area contributed by atoms with Crippen molar-refractivity contribution in [2.24, 2.45) is 5.41 Å². The molecule has 0 saturated heterocycles. The maximum atomic E-state index is 13.9. The molecule has 2 aliphatic rings. The van der Waals surface area contributed by atoms with Gasteiger partial charge in [-0.15, -0.1) is 0 Å². The summed E-state index contributed by atoms with van der Waals surface area (Å²) >= 11 is 0. The fourth-order valence-corrected chi connectivity index (χ4v) is 4.22. The van der Waals surface area contributed by atoms with E-state index in [0.717, 1.165) is 11.2 Å². The highest BCUT2D eigenvalue weighted by molar-refractivity contribution is 6.01. The zero-order valence-corrected chi connectivity index (χ0v) is 16.8. The first kappa shape index (κ1) is 18.5. The predicted molar refractivity (Wildman–Crippen MR) is 111 cm³/mol.